The Morgan fingerprint density at radius 3 is 2.24 bits per heavy atom. The van der Waals surface area contributed by atoms with Crippen molar-refractivity contribution < 1.29 is 22.7 Å². The van der Waals surface area contributed by atoms with Gasteiger partial charge in [-0.1, -0.05) is 36.4 Å². The Bertz CT molecular complexity index is 1200. The molecule has 1 N–H and O–H groups in total. The Balaban J connectivity index is 1.97. The van der Waals surface area contributed by atoms with Gasteiger partial charge in [-0.25, -0.2) is 8.42 Å². The zero-order chi connectivity index (χ0) is 24.0. The lowest BCUT2D eigenvalue weighted by Crippen LogP contribution is -2.41. The fraction of sp³-hybridized carbons (Fsp3) is 0.240. The molecule has 0 fully saturated rings. The largest absolute Gasteiger partial charge is 0.497 e. The van der Waals surface area contributed by atoms with Gasteiger partial charge in [-0.2, -0.15) is 0 Å². The Morgan fingerprint density at radius 2 is 1.64 bits per heavy atom. The van der Waals surface area contributed by atoms with Crippen molar-refractivity contribution >= 4 is 21.6 Å². The van der Waals surface area contributed by atoms with Gasteiger partial charge in [-0.15, -0.1) is 0 Å². The van der Waals surface area contributed by atoms with E-state index in [-0.39, 0.29) is 16.7 Å². The molecule has 0 bridgehead atoms. The third-order valence-electron chi connectivity index (χ3n) is 5.21. The average Bonchev–Trinajstić information content (AvgIpc) is 2.83. The van der Waals surface area contributed by atoms with Crippen LogP contribution in [0.5, 0.6) is 11.5 Å². The maximum atomic E-state index is 13.7. The summed E-state index contributed by atoms with van der Waals surface area (Å²) < 4.78 is 39.1. The predicted molar refractivity (Wildman–Crippen MR) is 128 cm³/mol. The van der Waals surface area contributed by atoms with Crippen molar-refractivity contribution in [1.29, 1.82) is 0 Å². The number of anilines is 1. The van der Waals surface area contributed by atoms with Gasteiger partial charge in [-0.05, 0) is 61.4 Å². The topological polar surface area (TPSA) is 84.9 Å². The summed E-state index contributed by atoms with van der Waals surface area (Å²) in [5.74, 6) is 0.348. The molecule has 3 aromatic carbocycles. The van der Waals surface area contributed by atoms with Crippen molar-refractivity contribution in [1.82, 2.24) is 5.32 Å². The van der Waals surface area contributed by atoms with E-state index in [0.29, 0.717) is 11.4 Å². The second kappa shape index (κ2) is 10.4. The van der Waals surface area contributed by atoms with Crippen LogP contribution < -0.4 is 19.1 Å². The minimum absolute atomic E-state index is 0.00951. The Kier molecular flexibility index (Phi) is 7.60. The molecule has 0 aromatic heterocycles. The lowest BCUT2D eigenvalue weighted by molar-refractivity contribution is -0.120. The van der Waals surface area contributed by atoms with E-state index in [4.69, 9.17) is 9.47 Å². The third-order valence-corrected chi connectivity index (χ3v) is 7.01. The first-order valence-corrected chi connectivity index (χ1v) is 11.9. The van der Waals surface area contributed by atoms with Gasteiger partial charge in [0.1, 0.15) is 22.9 Å². The van der Waals surface area contributed by atoms with Crippen LogP contribution in [0.2, 0.25) is 0 Å². The molecule has 0 aliphatic heterocycles. The van der Waals surface area contributed by atoms with Gasteiger partial charge in [0.05, 0.1) is 25.9 Å². The molecule has 1 atom stereocenters. The van der Waals surface area contributed by atoms with Crippen LogP contribution in [0.3, 0.4) is 0 Å². The summed E-state index contributed by atoms with van der Waals surface area (Å²) in [5, 5.41) is 2.88. The highest BCUT2D eigenvalue weighted by Gasteiger charge is 2.30. The van der Waals surface area contributed by atoms with Crippen LogP contribution in [-0.4, -0.2) is 35.1 Å². The molecule has 1 amide bonds. The number of methoxy groups -OCH3 is 2. The van der Waals surface area contributed by atoms with Crippen molar-refractivity contribution in [3.63, 3.8) is 0 Å². The maximum Gasteiger partial charge on any atom is 0.268 e. The summed E-state index contributed by atoms with van der Waals surface area (Å²) >= 11 is 0. The van der Waals surface area contributed by atoms with E-state index in [2.05, 4.69) is 5.32 Å². The maximum absolute atomic E-state index is 13.7. The molecule has 0 aliphatic carbocycles. The van der Waals surface area contributed by atoms with Crippen molar-refractivity contribution in [2.24, 2.45) is 0 Å². The van der Waals surface area contributed by atoms with Gasteiger partial charge in [0.25, 0.3) is 10.0 Å². The van der Waals surface area contributed by atoms with Gasteiger partial charge in [0.15, 0.2) is 0 Å². The van der Waals surface area contributed by atoms with Crippen molar-refractivity contribution in [2.75, 3.05) is 25.1 Å². The lowest BCUT2D eigenvalue weighted by Gasteiger charge is -2.26. The van der Waals surface area contributed by atoms with Crippen LogP contribution in [-0.2, 0) is 14.8 Å². The number of nitrogens with one attached hydrogen (secondary N) is 1. The van der Waals surface area contributed by atoms with Crippen LogP contribution >= 0.6 is 0 Å². The smallest absolute Gasteiger partial charge is 0.268 e. The van der Waals surface area contributed by atoms with Gasteiger partial charge in [0, 0.05) is 0 Å². The molecular weight excluding hydrogens is 440 g/mol. The van der Waals surface area contributed by atoms with E-state index < -0.39 is 22.5 Å². The summed E-state index contributed by atoms with van der Waals surface area (Å²) in [6, 6.07) is 20.6. The van der Waals surface area contributed by atoms with Gasteiger partial charge in [-0.3, -0.25) is 9.10 Å². The predicted octanol–water partition coefficient (Wildman–Crippen LogP) is 4.08. The molecule has 0 radical (unpaired) electrons. The number of carbonyl (C=O) groups is 1. The van der Waals surface area contributed by atoms with Crippen molar-refractivity contribution in [3.05, 3.63) is 83.9 Å². The van der Waals surface area contributed by atoms with Gasteiger partial charge in [0.2, 0.25) is 5.91 Å². The SMILES string of the molecule is COc1ccc(N(CC(=O)NC(C)c2ccccc2)S(=O)(=O)c2cc(C)ccc2OC)cc1. The van der Waals surface area contributed by atoms with E-state index in [0.717, 1.165) is 15.4 Å². The van der Waals surface area contributed by atoms with E-state index in [1.54, 1.807) is 43.3 Å². The molecule has 33 heavy (non-hydrogen) atoms. The Morgan fingerprint density at radius 1 is 0.970 bits per heavy atom. The standard InChI is InChI=1S/C25H28N2O5S/c1-18-10-15-23(32-4)24(16-18)33(29,30)27(21-11-13-22(31-3)14-12-21)17-25(28)26-19(2)20-8-6-5-7-9-20/h5-16,19H,17H2,1-4H3,(H,26,28). The second-order valence-corrected chi connectivity index (χ2v) is 9.39. The van der Waals surface area contributed by atoms with Crippen LogP contribution in [0, 0.1) is 6.92 Å². The van der Waals surface area contributed by atoms with Crippen molar-refractivity contribution in [3.8, 4) is 11.5 Å². The minimum Gasteiger partial charge on any atom is -0.497 e. The number of aryl methyl sites for hydroxylation is 1. The number of carbonyl (C=O) groups excluding carboxylic acids is 1. The number of nitrogens with zero attached hydrogens (tertiary/aromatic N) is 1. The second-order valence-electron chi connectivity index (χ2n) is 7.56. The number of amides is 1. The van der Waals surface area contributed by atoms with Gasteiger partial charge >= 0.3 is 0 Å². The summed E-state index contributed by atoms with van der Waals surface area (Å²) in [6.07, 6.45) is 0. The highest BCUT2D eigenvalue weighted by molar-refractivity contribution is 7.93. The summed E-state index contributed by atoms with van der Waals surface area (Å²) in [6.45, 7) is 3.25. The molecule has 1 unspecified atom stereocenters. The average molecular weight is 469 g/mol. The monoisotopic (exact) mass is 468 g/mol. The molecule has 174 valence electrons. The normalized spacial score (nSPS) is 12.0. The van der Waals surface area contributed by atoms with Crippen LogP contribution in [0.25, 0.3) is 0 Å². The molecule has 0 saturated carbocycles. The zero-order valence-electron chi connectivity index (χ0n) is 19.1. The van der Waals surface area contributed by atoms with Crippen LogP contribution in [0.1, 0.15) is 24.1 Å². The molecule has 0 spiro atoms. The molecule has 3 rings (SSSR count). The van der Waals surface area contributed by atoms with E-state index in [1.165, 1.54) is 20.3 Å². The molecule has 0 heterocycles. The molecule has 7 nitrogen and oxygen atoms in total. The fourth-order valence-corrected chi connectivity index (χ4v) is 5.07. The van der Waals surface area contributed by atoms with E-state index >= 15 is 0 Å². The molecule has 0 saturated heterocycles. The number of rotatable bonds is 9. The molecule has 0 aliphatic rings. The summed E-state index contributed by atoms with van der Waals surface area (Å²) in [5.41, 5.74) is 2.01. The van der Waals surface area contributed by atoms with E-state index in [1.807, 2.05) is 37.3 Å². The van der Waals surface area contributed by atoms with Crippen LogP contribution in [0.4, 0.5) is 5.69 Å². The fourth-order valence-electron chi connectivity index (χ4n) is 3.41. The summed E-state index contributed by atoms with van der Waals surface area (Å²) in [4.78, 5) is 13.0. The number of hydrogen-bond acceptors (Lipinski definition) is 5. The lowest BCUT2D eigenvalue weighted by atomic mass is 10.1. The zero-order valence-corrected chi connectivity index (χ0v) is 19.9. The minimum atomic E-state index is -4.13. The van der Waals surface area contributed by atoms with Crippen LogP contribution in [0.15, 0.2) is 77.7 Å². The highest BCUT2D eigenvalue weighted by atomic mass is 32.2. The highest BCUT2D eigenvalue weighted by Crippen LogP contribution is 2.31. The third kappa shape index (κ3) is 5.64. The molecular formula is C25H28N2O5S. The number of sulfonamides is 1. The molecule has 8 heteroatoms. The van der Waals surface area contributed by atoms with Gasteiger partial charge < -0.3 is 14.8 Å². The summed E-state index contributed by atoms with van der Waals surface area (Å²) in [7, 11) is -1.19. The van der Waals surface area contributed by atoms with Crippen molar-refractivity contribution in [2.45, 2.75) is 24.8 Å². The number of benzene rings is 3. The molecule has 3 aromatic rings. The van der Waals surface area contributed by atoms with E-state index in [9.17, 15) is 13.2 Å². The first-order valence-electron chi connectivity index (χ1n) is 10.4. The number of hydrogen-bond donors (Lipinski definition) is 1. The first-order chi connectivity index (χ1) is 15.8. The quantitative estimate of drug-likeness (QED) is 0.511. The first kappa shape index (κ1) is 24.1. The number of ether oxygens (including phenoxy) is 2. The Hall–Kier alpha value is -3.52. The Labute approximate surface area is 195 Å².